The molecule has 0 bridgehead atoms. The lowest BCUT2D eigenvalue weighted by molar-refractivity contribution is -0.148. The van der Waals surface area contributed by atoms with Crippen LogP contribution < -0.4 is 20.9 Å². The monoisotopic (exact) mass is 716 g/mol. The lowest BCUT2D eigenvalue weighted by Crippen LogP contribution is -2.36. The number of nitrogens with two attached hydrogens (primary N) is 2. The maximum absolute atomic E-state index is 11.9. The highest BCUT2D eigenvalue weighted by Crippen LogP contribution is 2.17. The van der Waals surface area contributed by atoms with Crippen LogP contribution in [-0.2, 0) is 40.4 Å². The Morgan fingerprint density at radius 3 is 1.27 bits per heavy atom. The zero-order valence-corrected chi connectivity index (χ0v) is 32.9. The van der Waals surface area contributed by atoms with Gasteiger partial charge in [-0.05, 0) is 64.8 Å². The molecule has 4 aromatic rings. The lowest BCUT2D eigenvalue weighted by Gasteiger charge is -2.19. The molecule has 0 aliphatic rings. The van der Waals surface area contributed by atoms with Crippen molar-refractivity contribution in [3.05, 3.63) is 131 Å². The standard InChI is InChI=1S/C21H27NO3.C16H17NO3.C3H8.2C2H6/c1-21(2,3)15-25-20(23)19(22)13-16-9-11-18(12-10-16)24-14-17-7-5-4-6-8-17;17-15(16(18)19)10-12-6-8-14(9-7-12)20-11-13-4-2-1-3-5-13;1-3-2;2*1-2/h4-12,19H,13-15,22H2,1-3H3;1-9,15H,10-11,17H2,(H,18,19);3H2,1-2H3;2*1-2H3. The maximum Gasteiger partial charge on any atom is 0.323 e. The van der Waals surface area contributed by atoms with Crippen LogP contribution in [0.5, 0.6) is 11.5 Å². The first-order chi connectivity index (χ1) is 24.9. The molecule has 5 N–H and O–H groups in total. The second-order valence-corrected chi connectivity index (χ2v) is 12.7. The summed E-state index contributed by atoms with van der Waals surface area (Å²) in [5.41, 5.74) is 15.5. The number of carboxylic acids is 1. The van der Waals surface area contributed by atoms with E-state index >= 15 is 0 Å². The minimum absolute atomic E-state index is 0.0624. The van der Waals surface area contributed by atoms with Crippen LogP contribution in [0.25, 0.3) is 0 Å². The number of carboxylic acid groups (broad SMARTS) is 1. The molecule has 0 aliphatic carbocycles. The highest BCUT2D eigenvalue weighted by Gasteiger charge is 2.19. The average Bonchev–Trinajstić information content (AvgIpc) is 3.16. The fourth-order valence-electron chi connectivity index (χ4n) is 4.00. The van der Waals surface area contributed by atoms with Gasteiger partial charge in [0.25, 0.3) is 0 Å². The van der Waals surface area contributed by atoms with Crippen LogP contribution in [0.4, 0.5) is 0 Å². The molecule has 0 saturated heterocycles. The number of benzene rings is 4. The van der Waals surface area contributed by atoms with Gasteiger partial charge in [-0.2, -0.15) is 0 Å². The molecule has 0 saturated carbocycles. The molecule has 0 aromatic heterocycles. The van der Waals surface area contributed by atoms with E-state index < -0.39 is 18.1 Å². The molecule has 0 aliphatic heterocycles. The molecule has 0 fully saturated rings. The summed E-state index contributed by atoms with van der Waals surface area (Å²) in [5.74, 6) is 0.187. The van der Waals surface area contributed by atoms with E-state index in [9.17, 15) is 9.59 Å². The number of carbonyl (C=O) groups excluding carboxylic acids is 1. The Hall–Kier alpha value is -4.66. The van der Waals surface area contributed by atoms with E-state index in [1.165, 1.54) is 6.42 Å². The Balaban J connectivity index is 0.000000867. The second kappa shape index (κ2) is 28.0. The van der Waals surface area contributed by atoms with Crippen LogP contribution in [-0.4, -0.2) is 35.7 Å². The molecular weight excluding hydrogens is 652 g/mol. The van der Waals surface area contributed by atoms with Crippen molar-refractivity contribution in [1.82, 2.24) is 0 Å². The smallest absolute Gasteiger partial charge is 0.323 e. The predicted molar refractivity (Wildman–Crippen MR) is 215 cm³/mol. The Morgan fingerprint density at radius 2 is 0.942 bits per heavy atom. The number of hydrogen-bond acceptors (Lipinski definition) is 7. The summed E-state index contributed by atoms with van der Waals surface area (Å²) in [6, 6.07) is 33.3. The zero-order chi connectivity index (χ0) is 39.4. The molecule has 52 heavy (non-hydrogen) atoms. The summed E-state index contributed by atoms with van der Waals surface area (Å²) in [5, 5.41) is 8.76. The number of rotatable bonds is 13. The zero-order valence-electron chi connectivity index (χ0n) is 32.9. The van der Waals surface area contributed by atoms with Gasteiger partial charge < -0.3 is 30.8 Å². The van der Waals surface area contributed by atoms with Crippen molar-refractivity contribution in [2.75, 3.05) is 6.61 Å². The normalized spacial score (nSPS) is 11.1. The Bertz CT molecular complexity index is 1460. The molecule has 2 atom stereocenters. The summed E-state index contributed by atoms with van der Waals surface area (Å²) in [6.07, 6.45) is 2.01. The van der Waals surface area contributed by atoms with Crippen LogP contribution in [0.3, 0.4) is 0 Å². The SMILES string of the molecule is CC.CC.CC(C)(C)COC(=O)C(N)Cc1ccc(OCc2ccccc2)cc1.CCC.NC(Cc1ccc(OCc2ccccc2)cc1)C(=O)O. The molecule has 0 spiro atoms. The van der Waals surface area contributed by atoms with Gasteiger partial charge in [-0.3, -0.25) is 9.59 Å². The third-order valence-corrected chi connectivity index (χ3v) is 6.52. The first kappa shape index (κ1) is 47.3. The maximum atomic E-state index is 11.9. The predicted octanol–water partition coefficient (Wildman–Crippen LogP) is 9.41. The number of carbonyl (C=O) groups is 2. The van der Waals surface area contributed by atoms with Crippen LogP contribution in [0.15, 0.2) is 109 Å². The Morgan fingerprint density at radius 1 is 0.596 bits per heavy atom. The summed E-state index contributed by atoms with van der Waals surface area (Å²) < 4.78 is 16.7. The van der Waals surface area contributed by atoms with Crippen LogP contribution in [0.1, 0.15) is 91.0 Å². The van der Waals surface area contributed by atoms with Crippen molar-refractivity contribution in [1.29, 1.82) is 0 Å². The van der Waals surface area contributed by atoms with Crippen molar-refractivity contribution in [2.45, 2.75) is 107 Å². The van der Waals surface area contributed by atoms with E-state index in [4.69, 9.17) is 30.8 Å². The quantitative estimate of drug-likeness (QED) is 0.117. The third-order valence-electron chi connectivity index (χ3n) is 6.52. The minimum atomic E-state index is -0.991. The summed E-state index contributed by atoms with van der Waals surface area (Å²) in [6.45, 7) is 19.7. The molecule has 4 aromatic carbocycles. The van der Waals surface area contributed by atoms with Crippen LogP contribution in [0.2, 0.25) is 0 Å². The van der Waals surface area contributed by atoms with Gasteiger partial charge in [0.1, 0.15) is 36.8 Å². The lowest BCUT2D eigenvalue weighted by atomic mass is 9.98. The van der Waals surface area contributed by atoms with Gasteiger partial charge in [-0.25, -0.2) is 0 Å². The Kier molecular flexibility index (Phi) is 25.5. The number of esters is 1. The van der Waals surface area contributed by atoms with Crippen molar-refractivity contribution in [3.8, 4) is 11.5 Å². The van der Waals surface area contributed by atoms with E-state index in [-0.39, 0.29) is 11.4 Å². The third kappa shape index (κ3) is 22.2. The van der Waals surface area contributed by atoms with Crippen LogP contribution >= 0.6 is 0 Å². The fraction of sp³-hybridized carbons (Fsp3) is 0.409. The first-order valence-corrected chi connectivity index (χ1v) is 18.3. The molecule has 286 valence electrons. The molecular formula is C44H64N2O6. The number of ether oxygens (including phenoxy) is 3. The van der Waals surface area contributed by atoms with Crippen molar-refractivity contribution < 1.29 is 28.9 Å². The molecule has 8 nitrogen and oxygen atoms in total. The van der Waals surface area contributed by atoms with Crippen molar-refractivity contribution in [3.63, 3.8) is 0 Å². The summed E-state index contributed by atoms with van der Waals surface area (Å²) in [4.78, 5) is 22.6. The van der Waals surface area contributed by atoms with E-state index in [0.717, 1.165) is 33.8 Å². The van der Waals surface area contributed by atoms with E-state index in [1.54, 1.807) is 0 Å². The number of aliphatic carboxylic acids is 1. The Labute approximate surface area is 313 Å². The molecule has 2 unspecified atom stereocenters. The van der Waals surface area contributed by atoms with Crippen molar-refractivity contribution >= 4 is 11.9 Å². The summed E-state index contributed by atoms with van der Waals surface area (Å²) in [7, 11) is 0. The van der Waals surface area contributed by atoms with Gasteiger partial charge in [0, 0.05) is 0 Å². The van der Waals surface area contributed by atoms with Gasteiger partial charge >= 0.3 is 11.9 Å². The molecule has 8 heteroatoms. The fourth-order valence-corrected chi connectivity index (χ4v) is 4.00. The van der Waals surface area contributed by atoms with Gasteiger partial charge in [0.2, 0.25) is 0 Å². The highest BCUT2D eigenvalue weighted by molar-refractivity contribution is 5.76. The average molecular weight is 717 g/mol. The van der Waals surface area contributed by atoms with Crippen LogP contribution in [0, 0.1) is 5.41 Å². The first-order valence-electron chi connectivity index (χ1n) is 18.3. The topological polar surface area (TPSA) is 134 Å². The molecule has 0 amide bonds. The van der Waals surface area contributed by atoms with Gasteiger partial charge in [-0.15, -0.1) is 0 Å². The molecule has 0 heterocycles. The van der Waals surface area contributed by atoms with E-state index in [2.05, 4.69) is 13.8 Å². The van der Waals surface area contributed by atoms with Gasteiger partial charge in [-0.1, -0.05) is 154 Å². The van der Waals surface area contributed by atoms with E-state index in [1.807, 2.05) is 158 Å². The highest BCUT2D eigenvalue weighted by atomic mass is 16.5. The number of hydrogen-bond donors (Lipinski definition) is 3. The molecule has 0 radical (unpaired) electrons. The molecule has 4 rings (SSSR count). The minimum Gasteiger partial charge on any atom is -0.489 e. The summed E-state index contributed by atoms with van der Waals surface area (Å²) >= 11 is 0. The second-order valence-electron chi connectivity index (χ2n) is 12.7. The van der Waals surface area contributed by atoms with Crippen molar-refractivity contribution in [2.24, 2.45) is 16.9 Å². The van der Waals surface area contributed by atoms with E-state index in [0.29, 0.717) is 32.7 Å². The largest absolute Gasteiger partial charge is 0.489 e. The van der Waals surface area contributed by atoms with Gasteiger partial charge in [0.05, 0.1) is 6.61 Å². The van der Waals surface area contributed by atoms with Gasteiger partial charge in [0.15, 0.2) is 0 Å².